The number of ether oxygens (including phenoxy) is 1. The van der Waals surface area contributed by atoms with Gasteiger partial charge in [-0.3, -0.25) is 0 Å². The zero-order valence-corrected chi connectivity index (χ0v) is 21.1. The highest BCUT2D eigenvalue weighted by molar-refractivity contribution is 7.19. The molecule has 0 bridgehead atoms. The van der Waals surface area contributed by atoms with E-state index < -0.39 is 0 Å². The van der Waals surface area contributed by atoms with Crippen LogP contribution in [0.15, 0.2) is 78.4 Å². The van der Waals surface area contributed by atoms with Crippen LogP contribution in [-0.4, -0.2) is 34.1 Å². The zero-order valence-electron chi connectivity index (χ0n) is 19.5. The number of nitrogens with zero attached hydrogens (tertiary/aromatic N) is 3. The van der Waals surface area contributed by atoms with Gasteiger partial charge in [0.15, 0.2) is 0 Å². The molecule has 8 heteroatoms. The number of nitrogens with one attached hydrogen (secondary N) is 1. The van der Waals surface area contributed by atoms with Gasteiger partial charge >= 0.3 is 6.09 Å². The minimum Gasteiger partial charge on any atom is -0.445 e. The first-order valence-electron chi connectivity index (χ1n) is 11.9. The number of amides is 1. The van der Waals surface area contributed by atoms with Crippen LogP contribution in [-0.2, 0) is 11.3 Å². The maximum atomic E-state index is 12.9. The van der Waals surface area contributed by atoms with Crippen molar-refractivity contribution in [3.8, 4) is 0 Å². The molecule has 0 fully saturated rings. The summed E-state index contributed by atoms with van der Waals surface area (Å²) in [4.78, 5) is 25.8. The van der Waals surface area contributed by atoms with Gasteiger partial charge in [0.1, 0.15) is 11.4 Å². The molecule has 0 aliphatic carbocycles. The molecular weight excluding hydrogens is 488 g/mol. The molecule has 4 heterocycles. The Morgan fingerprint density at radius 1 is 1.08 bits per heavy atom. The highest BCUT2D eigenvalue weighted by Gasteiger charge is 2.21. The van der Waals surface area contributed by atoms with E-state index in [0.29, 0.717) is 13.1 Å². The van der Waals surface area contributed by atoms with Crippen LogP contribution in [0.5, 0.6) is 0 Å². The summed E-state index contributed by atoms with van der Waals surface area (Å²) in [6.45, 7) is 1.50. The monoisotopic (exact) mass is 512 g/mol. The summed E-state index contributed by atoms with van der Waals surface area (Å²) in [6, 6.07) is 20.2. The smallest absolute Gasteiger partial charge is 0.410 e. The van der Waals surface area contributed by atoms with Crippen LogP contribution in [0.25, 0.3) is 26.0 Å². The molecule has 1 aliphatic rings. The van der Waals surface area contributed by atoms with E-state index in [2.05, 4.69) is 45.6 Å². The van der Waals surface area contributed by atoms with Gasteiger partial charge in [-0.2, -0.15) is 0 Å². The number of hydrogen-bond donors (Lipinski definition) is 1. The number of fused-ring (bicyclic) bond motifs is 2. The highest BCUT2D eigenvalue weighted by Crippen LogP contribution is 2.36. The standard InChI is InChI=1S/C28H24N4O2S2/c33-28(34-17-19-6-2-1-3-7-19)32-13-5-4-8-20(16-32)26-15-22-23(11-12-29-27(22)36-26)31-21-9-10-25-24(14-21)30-18-35-25/h1-3,6-12,14-15,18H,4-5,13,16-17H2,(H,29,31). The van der Waals surface area contributed by atoms with E-state index in [0.717, 1.165) is 56.0 Å². The molecule has 1 amide bonds. The summed E-state index contributed by atoms with van der Waals surface area (Å²) in [6.07, 6.45) is 5.65. The fourth-order valence-electron chi connectivity index (χ4n) is 4.35. The van der Waals surface area contributed by atoms with E-state index >= 15 is 0 Å². The van der Waals surface area contributed by atoms with Gasteiger partial charge in [-0.05, 0) is 54.3 Å². The summed E-state index contributed by atoms with van der Waals surface area (Å²) in [5.41, 5.74) is 6.98. The van der Waals surface area contributed by atoms with Crippen molar-refractivity contribution in [1.29, 1.82) is 0 Å². The van der Waals surface area contributed by atoms with E-state index in [1.807, 2.05) is 53.0 Å². The van der Waals surface area contributed by atoms with Crippen molar-refractivity contribution in [2.45, 2.75) is 19.4 Å². The van der Waals surface area contributed by atoms with Crippen molar-refractivity contribution in [1.82, 2.24) is 14.9 Å². The topological polar surface area (TPSA) is 67.3 Å². The Kier molecular flexibility index (Phi) is 6.36. The first-order valence-corrected chi connectivity index (χ1v) is 13.6. The number of benzene rings is 2. The Morgan fingerprint density at radius 3 is 2.92 bits per heavy atom. The summed E-state index contributed by atoms with van der Waals surface area (Å²) in [5, 5.41) is 4.61. The normalized spacial score (nSPS) is 14.0. The van der Waals surface area contributed by atoms with Crippen LogP contribution in [0, 0.1) is 0 Å². The van der Waals surface area contributed by atoms with Gasteiger partial charge in [-0.15, -0.1) is 22.7 Å². The molecule has 1 N–H and O–H groups in total. The number of pyridine rings is 1. The molecule has 36 heavy (non-hydrogen) atoms. The van der Waals surface area contributed by atoms with Gasteiger partial charge in [0.25, 0.3) is 0 Å². The molecular formula is C28H24N4O2S2. The van der Waals surface area contributed by atoms with Crippen molar-refractivity contribution in [2.24, 2.45) is 0 Å². The molecule has 180 valence electrons. The number of carbonyl (C=O) groups excluding carboxylic acids is 1. The number of allylic oxidation sites excluding steroid dienone is 1. The summed E-state index contributed by atoms with van der Waals surface area (Å²) >= 11 is 3.30. The number of rotatable bonds is 5. The average molecular weight is 513 g/mol. The second kappa shape index (κ2) is 10.1. The maximum absolute atomic E-state index is 12.9. The zero-order chi connectivity index (χ0) is 24.3. The molecule has 0 unspecified atom stereocenters. The number of hydrogen-bond acceptors (Lipinski definition) is 7. The molecule has 1 aliphatic heterocycles. The van der Waals surface area contributed by atoms with Gasteiger partial charge in [0.05, 0.1) is 28.0 Å². The number of anilines is 2. The number of carbonyl (C=O) groups is 1. The molecule has 0 spiro atoms. The van der Waals surface area contributed by atoms with Crippen molar-refractivity contribution >= 4 is 66.1 Å². The van der Waals surface area contributed by atoms with Crippen molar-refractivity contribution in [3.63, 3.8) is 0 Å². The van der Waals surface area contributed by atoms with Crippen molar-refractivity contribution in [3.05, 3.63) is 88.9 Å². The van der Waals surface area contributed by atoms with Gasteiger partial charge in [0.2, 0.25) is 0 Å². The summed E-state index contributed by atoms with van der Waals surface area (Å²) < 4.78 is 6.78. The van der Waals surface area contributed by atoms with E-state index in [4.69, 9.17) is 4.74 Å². The highest BCUT2D eigenvalue weighted by atomic mass is 32.1. The lowest BCUT2D eigenvalue weighted by atomic mass is 10.1. The third-order valence-electron chi connectivity index (χ3n) is 6.21. The average Bonchev–Trinajstić information content (AvgIpc) is 3.49. The maximum Gasteiger partial charge on any atom is 0.410 e. The lowest BCUT2D eigenvalue weighted by molar-refractivity contribution is 0.101. The van der Waals surface area contributed by atoms with Gasteiger partial charge in [-0.1, -0.05) is 36.4 Å². The van der Waals surface area contributed by atoms with E-state index in [-0.39, 0.29) is 12.7 Å². The van der Waals surface area contributed by atoms with Gasteiger partial charge < -0.3 is 15.0 Å². The first-order chi connectivity index (χ1) is 17.7. The molecule has 6 nitrogen and oxygen atoms in total. The SMILES string of the molecule is O=C(OCc1ccccc1)N1CCCC=C(c2cc3c(Nc4ccc5scnc5c4)ccnc3s2)C1. The number of thiophene rings is 1. The van der Waals surface area contributed by atoms with E-state index in [9.17, 15) is 4.79 Å². The van der Waals surface area contributed by atoms with E-state index in [1.165, 1.54) is 4.70 Å². The Labute approximate surface area is 216 Å². The Hall–Kier alpha value is -3.75. The molecule has 6 rings (SSSR count). The van der Waals surface area contributed by atoms with Crippen LogP contribution < -0.4 is 5.32 Å². The third-order valence-corrected chi connectivity index (χ3v) is 8.14. The minimum atomic E-state index is -0.273. The quantitative estimate of drug-likeness (QED) is 0.265. The number of thiazole rings is 1. The van der Waals surface area contributed by atoms with Gasteiger partial charge in [0, 0.05) is 28.7 Å². The molecule has 3 aromatic heterocycles. The Morgan fingerprint density at radius 2 is 2.00 bits per heavy atom. The van der Waals surface area contributed by atoms with Crippen molar-refractivity contribution < 1.29 is 9.53 Å². The number of aromatic nitrogens is 2. The Balaban J connectivity index is 1.21. The second-order valence-electron chi connectivity index (χ2n) is 8.68. The summed E-state index contributed by atoms with van der Waals surface area (Å²) in [7, 11) is 0. The van der Waals surface area contributed by atoms with Crippen LogP contribution in [0.3, 0.4) is 0 Å². The molecule has 2 aromatic carbocycles. The summed E-state index contributed by atoms with van der Waals surface area (Å²) in [5.74, 6) is 0. The fourth-order valence-corrected chi connectivity index (χ4v) is 6.07. The van der Waals surface area contributed by atoms with Gasteiger partial charge in [-0.25, -0.2) is 14.8 Å². The molecule has 0 saturated carbocycles. The molecule has 0 radical (unpaired) electrons. The first kappa shape index (κ1) is 22.7. The predicted molar refractivity (Wildman–Crippen MR) is 148 cm³/mol. The third kappa shape index (κ3) is 4.82. The van der Waals surface area contributed by atoms with Crippen LogP contribution in [0.4, 0.5) is 16.2 Å². The van der Waals surface area contributed by atoms with E-state index in [1.54, 1.807) is 22.7 Å². The fraction of sp³-hybridized carbons (Fsp3) is 0.179. The molecule has 0 atom stereocenters. The van der Waals surface area contributed by atoms with Crippen molar-refractivity contribution in [2.75, 3.05) is 18.4 Å². The molecule has 5 aromatic rings. The van der Waals surface area contributed by atoms with Crippen LogP contribution in [0.2, 0.25) is 0 Å². The molecule has 0 saturated heterocycles. The predicted octanol–water partition coefficient (Wildman–Crippen LogP) is 7.47. The lowest BCUT2D eigenvalue weighted by Crippen LogP contribution is -2.33. The van der Waals surface area contributed by atoms with Crippen LogP contribution >= 0.6 is 22.7 Å². The minimum absolute atomic E-state index is 0.273. The lowest BCUT2D eigenvalue weighted by Gasteiger charge is -2.21. The largest absolute Gasteiger partial charge is 0.445 e. The Bertz CT molecular complexity index is 1560. The van der Waals surface area contributed by atoms with Crippen LogP contribution in [0.1, 0.15) is 23.3 Å². The second-order valence-corrected chi connectivity index (χ2v) is 10.6.